The lowest BCUT2D eigenvalue weighted by Gasteiger charge is -2.16. The molecule has 3 heterocycles. The van der Waals surface area contributed by atoms with E-state index in [1.807, 2.05) is 42.5 Å². The third-order valence-corrected chi connectivity index (χ3v) is 12.1. The predicted octanol–water partition coefficient (Wildman–Crippen LogP) is 15.1. The molecular weight excluding hydrogens is 785 g/mol. The zero-order valence-corrected chi connectivity index (χ0v) is 34.6. The molecule has 0 spiro atoms. The van der Waals surface area contributed by atoms with Crippen molar-refractivity contribution in [3.63, 3.8) is 0 Å². The SMILES string of the molecule is C1=Cc2oc(-c3ccc(-c4ccc(-c5nc6c(-c7ccccc7)ccc(-c7ccccc7)c6nc5-c5ccc(-c6ccc(-c7nc8ccccc8o7)cc6)cc5)cc4)cc3)nc2CC1. The fraction of sp³-hybridized carbons (Fsp3) is 0.0345. The number of aromatic nitrogens is 4. The lowest BCUT2D eigenvalue weighted by atomic mass is 9.95. The molecule has 0 saturated carbocycles. The highest BCUT2D eigenvalue weighted by atomic mass is 16.4. The third kappa shape index (κ3) is 6.88. The molecular formula is C58H38N4O2. The average molecular weight is 823 g/mol. The number of aryl methyl sites for hydroxylation is 1. The molecule has 6 heteroatoms. The van der Waals surface area contributed by atoms with Crippen LogP contribution in [-0.2, 0) is 6.42 Å². The standard InChI is InChI=1S/C58H38N4O2/c1-3-11-41(12-4-1)47-35-36-48(42-13-5-2-6-14-42)56-55(47)61-53(43-27-19-37(20-28-43)39-23-31-45(32-24-39)57-59-49-15-7-9-17-51(49)63-57)54(62-56)44-29-21-38(22-30-44)40-25-33-46(34-26-40)58-60-50-16-8-10-18-52(50)64-58/h1-7,9-15,17-36H,8,16H2. The Bertz CT molecular complexity index is 3470. The number of hydrogen-bond acceptors (Lipinski definition) is 6. The van der Waals surface area contributed by atoms with E-state index >= 15 is 0 Å². The molecule has 0 radical (unpaired) electrons. The monoisotopic (exact) mass is 822 g/mol. The van der Waals surface area contributed by atoms with E-state index in [2.05, 4.69) is 164 Å². The molecule has 0 saturated heterocycles. The molecule has 1 aliphatic rings. The van der Waals surface area contributed by atoms with Crippen molar-refractivity contribution in [1.29, 1.82) is 0 Å². The Morgan fingerprint density at radius 1 is 0.344 bits per heavy atom. The summed E-state index contributed by atoms with van der Waals surface area (Å²) in [6, 6.07) is 67.2. The van der Waals surface area contributed by atoms with Crippen molar-refractivity contribution in [3.05, 3.63) is 212 Å². The summed E-state index contributed by atoms with van der Waals surface area (Å²) >= 11 is 0. The van der Waals surface area contributed by atoms with Gasteiger partial charge in [-0.15, -0.1) is 0 Å². The van der Waals surface area contributed by atoms with Gasteiger partial charge in [0, 0.05) is 33.4 Å². The summed E-state index contributed by atoms with van der Waals surface area (Å²) in [7, 11) is 0. The highest BCUT2D eigenvalue weighted by molar-refractivity contribution is 6.03. The van der Waals surface area contributed by atoms with Crippen LogP contribution in [0.15, 0.2) is 209 Å². The molecule has 0 bridgehead atoms. The van der Waals surface area contributed by atoms with Gasteiger partial charge in [-0.2, -0.15) is 0 Å². The van der Waals surface area contributed by atoms with Gasteiger partial charge in [0.15, 0.2) is 11.3 Å². The molecule has 3 aromatic heterocycles. The Kier molecular flexibility index (Phi) is 9.19. The molecule has 64 heavy (non-hydrogen) atoms. The van der Waals surface area contributed by atoms with Gasteiger partial charge in [-0.25, -0.2) is 19.9 Å². The Morgan fingerprint density at radius 3 is 1.27 bits per heavy atom. The van der Waals surface area contributed by atoms with Gasteiger partial charge in [0.05, 0.1) is 28.1 Å². The second-order valence-electron chi connectivity index (χ2n) is 16.1. The number of nitrogens with zero attached hydrogens (tertiary/aromatic N) is 4. The summed E-state index contributed by atoms with van der Waals surface area (Å²) in [5.74, 6) is 2.14. The highest BCUT2D eigenvalue weighted by Gasteiger charge is 2.20. The number of para-hydroxylation sites is 2. The van der Waals surface area contributed by atoms with Crippen LogP contribution in [0.25, 0.3) is 118 Å². The topological polar surface area (TPSA) is 77.8 Å². The molecule has 0 unspecified atom stereocenters. The zero-order valence-electron chi connectivity index (χ0n) is 34.6. The first kappa shape index (κ1) is 37.3. The first-order chi connectivity index (χ1) is 31.7. The number of fused-ring (bicyclic) bond motifs is 3. The molecule has 6 nitrogen and oxygen atoms in total. The Hall–Kier alpha value is -8.48. The smallest absolute Gasteiger partial charge is 0.227 e. The summed E-state index contributed by atoms with van der Waals surface area (Å²) in [5.41, 5.74) is 18.5. The van der Waals surface area contributed by atoms with Crippen molar-refractivity contribution in [1.82, 2.24) is 19.9 Å². The molecule has 11 aromatic rings. The molecule has 302 valence electrons. The van der Waals surface area contributed by atoms with Crippen LogP contribution in [0.3, 0.4) is 0 Å². The van der Waals surface area contributed by atoms with Crippen molar-refractivity contribution in [2.24, 2.45) is 0 Å². The number of benzene rings is 8. The van der Waals surface area contributed by atoms with E-state index < -0.39 is 0 Å². The number of rotatable bonds is 8. The molecule has 0 atom stereocenters. The molecule has 1 aliphatic carbocycles. The number of allylic oxidation sites excluding steroid dienone is 1. The molecule has 0 amide bonds. The maximum Gasteiger partial charge on any atom is 0.227 e. The Balaban J connectivity index is 0.943. The molecule has 0 N–H and O–H groups in total. The van der Waals surface area contributed by atoms with Crippen LogP contribution in [0, 0.1) is 0 Å². The van der Waals surface area contributed by atoms with Gasteiger partial charge in [0.2, 0.25) is 11.8 Å². The molecule has 0 aliphatic heterocycles. The lowest BCUT2D eigenvalue weighted by molar-refractivity contribution is 0.560. The minimum atomic E-state index is 0.611. The van der Waals surface area contributed by atoms with Gasteiger partial charge in [-0.05, 0) is 88.7 Å². The van der Waals surface area contributed by atoms with Crippen LogP contribution in [0.2, 0.25) is 0 Å². The quantitative estimate of drug-likeness (QED) is 0.152. The Labute approximate surface area is 369 Å². The average Bonchev–Trinajstić information content (AvgIpc) is 4.02. The summed E-state index contributed by atoms with van der Waals surface area (Å²) in [5, 5.41) is 0. The second kappa shape index (κ2) is 15.8. The van der Waals surface area contributed by atoms with Crippen molar-refractivity contribution in [2.75, 3.05) is 0 Å². The lowest BCUT2D eigenvalue weighted by Crippen LogP contribution is -1.99. The highest BCUT2D eigenvalue weighted by Crippen LogP contribution is 2.40. The fourth-order valence-corrected chi connectivity index (χ4v) is 8.69. The zero-order chi connectivity index (χ0) is 42.4. The van der Waals surface area contributed by atoms with Crippen molar-refractivity contribution in [2.45, 2.75) is 12.8 Å². The van der Waals surface area contributed by atoms with E-state index in [-0.39, 0.29) is 0 Å². The van der Waals surface area contributed by atoms with Crippen LogP contribution in [-0.4, -0.2) is 19.9 Å². The van der Waals surface area contributed by atoms with Crippen molar-refractivity contribution in [3.8, 4) is 89.9 Å². The van der Waals surface area contributed by atoms with Crippen molar-refractivity contribution >= 4 is 28.2 Å². The van der Waals surface area contributed by atoms with Crippen LogP contribution >= 0.6 is 0 Å². The second-order valence-corrected chi connectivity index (χ2v) is 16.1. The largest absolute Gasteiger partial charge is 0.436 e. The van der Waals surface area contributed by atoms with E-state index in [0.29, 0.717) is 11.8 Å². The van der Waals surface area contributed by atoms with Gasteiger partial charge in [0.1, 0.15) is 5.52 Å². The summed E-state index contributed by atoms with van der Waals surface area (Å²) < 4.78 is 12.1. The van der Waals surface area contributed by atoms with Gasteiger partial charge < -0.3 is 8.83 Å². The first-order valence-electron chi connectivity index (χ1n) is 21.6. The molecule has 0 fully saturated rings. The predicted molar refractivity (Wildman–Crippen MR) is 258 cm³/mol. The van der Waals surface area contributed by atoms with E-state index in [4.69, 9.17) is 28.8 Å². The molecule has 8 aromatic carbocycles. The van der Waals surface area contributed by atoms with Crippen LogP contribution < -0.4 is 0 Å². The van der Waals surface area contributed by atoms with E-state index in [1.54, 1.807) is 0 Å². The van der Waals surface area contributed by atoms with E-state index in [0.717, 1.165) is 125 Å². The summed E-state index contributed by atoms with van der Waals surface area (Å²) in [6.45, 7) is 0. The summed E-state index contributed by atoms with van der Waals surface area (Å²) in [6.07, 6.45) is 6.07. The Morgan fingerprint density at radius 2 is 0.781 bits per heavy atom. The third-order valence-electron chi connectivity index (χ3n) is 12.1. The number of oxazole rings is 2. The maximum absolute atomic E-state index is 6.09. The maximum atomic E-state index is 6.09. The summed E-state index contributed by atoms with van der Waals surface area (Å²) in [4.78, 5) is 20.7. The minimum absolute atomic E-state index is 0.611. The van der Waals surface area contributed by atoms with Gasteiger partial charge in [-0.3, -0.25) is 0 Å². The normalized spacial score (nSPS) is 12.2. The van der Waals surface area contributed by atoms with Gasteiger partial charge >= 0.3 is 0 Å². The van der Waals surface area contributed by atoms with Crippen LogP contribution in [0.5, 0.6) is 0 Å². The first-order valence-corrected chi connectivity index (χ1v) is 21.6. The minimum Gasteiger partial charge on any atom is -0.436 e. The van der Waals surface area contributed by atoms with Crippen molar-refractivity contribution < 1.29 is 8.83 Å². The number of hydrogen-bond donors (Lipinski definition) is 0. The van der Waals surface area contributed by atoms with Crippen LogP contribution in [0.1, 0.15) is 17.9 Å². The van der Waals surface area contributed by atoms with Gasteiger partial charge in [-0.1, -0.05) is 164 Å². The van der Waals surface area contributed by atoms with E-state index in [9.17, 15) is 0 Å². The fourth-order valence-electron chi connectivity index (χ4n) is 8.69. The van der Waals surface area contributed by atoms with Crippen LogP contribution in [0.4, 0.5) is 0 Å². The molecule has 12 rings (SSSR count). The van der Waals surface area contributed by atoms with E-state index in [1.165, 1.54) is 0 Å². The van der Waals surface area contributed by atoms with Gasteiger partial charge in [0.25, 0.3) is 0 Å².